The predicted molar refractivity (Wildman–Crippen MR) is 119 cm³/mol. The van der Waals surface area contributed by atoms with Crippen molar-refractivity contribution in [3.05, 3.63) is 46.5 Å². The van der Waals surface area contributed by atoms with E-state index in [1.165, 1.54) is 4.90 Å². The number of nitrogens with zero attached hydrogens (tertiary/aromatic N) is 2. The highest BCUT2D eigenvalue weighted by Crippen LogP contribution is 2.39. The van der Waals surface area contributed by atoms with Crippen LogP contribution in [0.25, 0.3) is 0 Å². The van der Waals surface area contributed by atoms with Crippen LogP contribution in [-0.2, 0) is 16.0 Å². The first-order valence-corrected chi connectivity index (χ1v) is 11.0. The summed E-state index contributed by atoms with van der Waals surface area (Å²) in [5.74, 6) is 1.25. The van der Waals surface area contributed by atoms with E-state index < -0.39 is 6.09 Å². The van der Waals surface area contributed by atoms with Gasteiger partial charge in [-0.15, -0.1) is 0 Å². The number of rotatable bonds is 6. The third-order valence-corrected chi connectivity index (χ3v) is 6.52. The Bertz CT molecular complexity index is 1060. The smallest absolute Gasteiger partial charge is 0.416 e. The van der Waals surface area contributed by atoms with Crippen LogP contribution in [0, 0.1) is 5.92 Å². The van der Waals surface area contributed by atoms with Crippen LogP contribution >= 0.6 is 11.6 Å². The number of benzene rings is 1. The molecule has 2 aliphatic heterocycles. The Morgan fingerprint density at radius 1 is 1.28 bits per heavy atom. The van der Waals surface area contributed by atoms with Gasteiger partial charge in [-0.25, -0.2) is 9.78 Å². The maximum atomic E-state index is 12.3. The van der Waals surface area contributed by atoms with Crippen LogP contribution in [0.2, 0.25) is 5.02 Å². The molecule has 1 fully saturated rings. The Morgan fingerprint density at radius 3 is 3.00 bits per heavy atom. The first-order chi connectivity index (χ1) is 15.5. The third-order valence-electron chi connectivity index (χ3n) is 6.16. The first kappa shape index (κ1) is 21.0. The van der Waals surface area contributed by atoms with E-state index >= 15 is 0 Å². The maximum absolute atomic E-state index is 12.3. The van der Waals surface area contributed by atoms with Crippen LogP contribution in [0.15, 0.2) is 30.3 Å². The number of amides is 2. The molecular weight excluding hydrogens is 434 g/mol. The second-order valence-electron chi connectivity index (χ2n) is 8.26. The second kappa shape index (κ2) is 8.57. The Kier molecular flexibility index (Phi) is 5.62. The summed E-state index contributed by atoms with van der Waals surface area (Å²) in [5.41, 5.74) is 8.72. The van der Waals surface area contributed by atoms with Gasteiger partial charge in [0.1, 0.15) is 11.9 Å². The molecule has 9 nitrogen and oxygen atoms in total. The van der Waals surface area contributed by atoms with Gasteiger partial charge in [-0.3, -0.25) is 9.69 Å². The Hall–Kier alpha value is -2.88. The average Bonchev–Trinajstić information content (AvgIpc) is 3.31. The van der Waals surface area contributed by atoms with Gasteiger partial charge in [-0.05, 0) is 54.6 Å². The van der Waals surface area contributed by atoms with Crippen molar-refractivity contribution in [2.24, 2.45) is 11.7 Å². The number of fused-ring (bicyclic) bond motifs is 2. The lowest BCUT2D eigenvalue weighted by Crippen LogP contribution is -2.33. The zero-order chi connectivity index (χ0) is 22.2. The minimum absolute atomic E-state index is 0.00939. The summed E-state index contributed by atoms with van der Waals surface area (Å²) in [6.07, 6.45) is 1.03. The first-order valence-electron chi connectivity index (χ1n) is 10.6. The SMILES string of the molecule is NC1c2cccc(Cl)c2CC1CCNCC1CN(c2ccc3c(n2)NC(=O)CO3)C(=O)O1. The van der Waals surface area contributed by atoms with E-state index in [2.05, 4.69) is 21.7 Å². The molecule has 168 valence electrons. The van der Waals surface area contributed by atoms with Gasteiger partial charge in [0.15, 0.2) is 18.2 Å². The number of hydrogen-bond donors (Lipinski definition) is 3. The number of hydrogen-bond acceptors (Lipinski definition) is 7. The number of aromatic nitrogens is 1. The van der Waals surface area contributed by atoms with E-state index in [4.69, 9.17) is 26.8 Å². The van der Waals surface area contributed by atoms with Crippen molar-refractivity contribution < 1.29 is 19.1 Å². The summed E-state index contributed by atoms with van der Waals surface area (Å²) in [7, 11) is 0. The Labute approximate surface area is 190 Å². The number of halogens is 1. The van der Waals surface area contributed by atoms with E-state index in [0.717, 1.165) is 35.5 Å². The second-order valence-corrected chi connectivity index (χ2v) is 8.67. The molecule has 5 rings (SSSR count). The standard InChI is InChI=1S/C22H24ClN5O4/c23-16-3-1-2-14-15(16)8-12(20(14)24)6-7-25-9-13-10-28(22(30)32-13)18-5-4-17-21(26-18)27-19(29)11-31-17/h1-5,12-13,20,25H,6-11,24H2,(H,26,27,29). The molecule has 32 heavy (non-hydrogen) atoms. The number of nitrogens with two attached hydrogens (primary N) is 1. The molecule has 3 atom stereocenters. The highest BCUT2D eigenvalue weighted by atomic mass is 35.5. The largest absolute Gasteiger partial charge is 0.480 e. The highest BCUT2D eigenvalue weighted by Gasteiger charge is 2.34. The quantitative estimate of drug-likeness (QED) is 0.569. The normalized spacial score (nSPS) is 23.9. The fourth-order valence-corrected chi connectivity index (χ4v) is 4.76. The number of carbonyl (C=O) groups excluding carboxylic acids is 2. The molecule has 0 radical (unpaired) electrons. The molecule has 1 aromatic heterocycles. The molecule has 2 aromatic rings. The summed E-state index contributed by atoms with van der Waals surface area (Å²) in [5, 5.41) is 6.81. The van der Waals surface area contributed by atoms with Crippen molar-refractivity contribution >= 4 is 35.2 Å². The van der Waals surface area contributed by atoms with E-state index in [1.54, 1.807) is 12.1 Å². The zero-order valence-corrected chi connectivity index (χ0v) is 18.1. The topological polar surface area (TPSA) is 119 Å². The monoisotopic (exact) mass is 457 g/mol. The van der Waals surface area contributed by atoms with Gasteiger partial charge in [-0.2, -0.15) is 0 Å². The van der Waals surface area contributed by atoms with Crippen molar-refractivity contribution in [3.63, 3.8) is 0 Å². The maximum Gasteiger partial charge on any atom is 0.416 e. The van der Waals surface area contributed by atoms with Crippen molar-refractivity contribution in [3.8, 4) is 5.75 Å². The molecule has 10 heteroatoms. The number of nitrogens with one attached hydrogen (secondary N) is 2. The molecule has 3 aliphatic rings. The predicted octanol–water partition coefficient (Wildman–Crippen LogP) is 2.24. The lowest BCUT2D eigenvalue weighted by atomic mass is 9.98. The summed E-state index contributed by atoms with van der Waals surface area (Å²) in [4.78, 5) is 29.7. The minimum Gasteiger partial charge on any atom is -0.480 e. The van der Waals surface area contributed by atoms with Crippen LogP contribution in [0.4, 0.5) is 16.4 Å². The molecular formula is C22H24ClN5O4. The molecule has 3 heterocycles. The summed E-state index contributed by atoms with van der Waals surface area (Å²) in [6.45, 7) is 1.62. The van der Waals surface area contributed by atoms with Gasteiger partial charge in [0.05, 0.1) is 6.54 Å². The van der Waals surface area contributed by atoms with E-state index in [9.17, 15) is 9.59 Å². The molecule has 1 aromatic carbocycles. The average molecular weight is 458 g/mol. The van der Waals surface area contributed by atoms with Gasteiger partial charge in [0.2, 0.25) is 0 Å². The van der Waals surface area contributed by atoms with E-state index in [-0.39, 0.29) is 24.7 Å². The Balaban J connectivity index is 1.12. The van der Waals surface area contributed by atoms with Gasteiger partial charge in [0, 0.05) is 17.6 Å². The van der Waals surface area contributed by atoms with Crippen LogP contribution in [0.3, 0.4) is 0 Å². The third kappa shape index (κ3) is 3.99. The number of pyridine rings is 1. The minimum atomic E-state index is -0.463. The molecule has 0 spiro atoms. The number of anilines is 2. The van der Waals surface area contributed by atoms with E-state index in [1.807, 2.05) is 12.1 Å². The molecule has 2 amide bonds. The highest BCUT2D eigenvalue weighted by molar-refractivity contribution is 6.31. The zero-order valence-electron chi connectivity index (χ0n) is 17.3. The lowest BCUT2D eigenvalue weighted by Gasteiger charge is -2.19. The fraction of sp³-hybridized carbons (Fsp3) is 0.409. The summed E-state index contributed by atoms with van der Waals surface area (Å²) >= 11 is 6.31. The molecule has 3 unspecified atom stereocenters. The van der Waals surface area contributed by atoms with Crippen molar-refractivity contribution in [1.29, 1.82) is 0 Å². The van der Waals surface area contributed by atoms with Gasteiger partial charge in [0.25, 0.3) is 5.91 Å². The van der Waals surface area contributed by atoms with Crippen LogP contribution in [-0.4, -0.2) is 49.3 Å². The van der Waals surface area contributed by atoms with Gasteiger partial charge in [-0.1, -0.05) is 23.7 Å². The molecule has 0 saturated carbocycles. The fourth-order valence-electron chi connectivity index (χ4n) is 4.50. The number of carbonyl (C=O) groups is 2. The number of ether oxygens (including phenoxy) is 2. The van der Waals surface area contributed by atoms with E-state index in [0.29, 0.717) is 36.4 Å². The van der Waals surface area contributed by atoms with Crippen molar-refractivity contribution in [2.75, 3.05) is 36.5 Å². The lowest BCUT2D eigenvalue weighted by molar-refractivity contribution is -0.118. The Morgan fingerprint density at radius 2 is 2.16 bits per heavy atom. The van der Waals surface area contributed by atoms with Crippen molar-refractivity contribution in [1.82, 2.24) is 10.3 Å². The van der Waals surface area contributed by atoms with Gasteiger partial charge >= 0.3 is 6.09 Å². The molecule has 1 saturated heterocycles. The summed E-state index contributed by atoms with van der Waals surface area (Å²) < 4.78 is 10.8. The molecule has 0 bridgehead atoms. The van der Waals surface area contributed by atoms with Crippen molar-refractivity contribution in [2.45, 2.75) is 25.0 Å². The molecule has 1 aliphatic carbocycles. The van der Waals surface area contributed by atoms with Crippen LogP contribution < -0.4 is 26.0 Å². The van der Waals surface area contributed by atoms with Crippen LogP contribution in [0.5, 0.6) is 5.75 Å². The molecule has 4 N–H and O–H groups in total. The van der Waals surface area contributed by atoms with Crippen LogP contribution in [0.1, 0.15) is 23.6 Å². The summed E-state index contributed by atoms with van der Waals surface area (Å²) in [6, 6.07) is 9.26. The number of cyclic esters (lactones) is 1. The van der Waals surface area contributed by atoms with Gasteiger partial charge < -0.3 is 25.8 Å².